The molecule has 100 valence electrons. The predicted molar refractivity (Wildman–Crippen MR) is 66.6 cm³/mol. The van der Waals surface area contributed by atoms with Gasteiger partial charge in [-0.1, -0.05) is 0 Å². The second kappa shape index (κ2) is 6.14. The summed E-state index contributed by atoms with van der Waals surface area (Å²) in [5, 5.41) is 0. The van der Waals surface area contributed by atoms with Crippen molar-refractivity contribution in [2.24, 2.45) is 0 Å². The lowest BCUT2D eigenvalue weighted by Crippen LogP contribution is -2.09. The van der Waals surface area contributed by atoms with Crippen molar-refractivity contribution in [2.45, 2.75) is 20.0 Å². The van der Waals surface area contributed by atoms with Crippen LogP contribution in [0.2, 0.25) is 0 Å². The van der Waals surface area contributed by atoms with E-state index >= 15 is 0 Å². The van der Waals surface area contributed by atoms with E-state index in [0.717, 1.165) is 0 Å². The summed E-state index contributed by atoms with van der Waals surface area (Å²) in [6.45, 7) is 3.81. The molecular weight excluding hydrogens is 236 g/mol. The normalized spacial score (nSPS) is 10.1. The minimum absolute atomic E-state index is 0.00687. The number of hydrogen-bond donors (Lipinski definition) is 0. The average molecular weight is 254 g/mol. The van der Waals surface area contributed by atoms with Crippen molar-refractivity contribution in [1.82, 2.24) is 0 Å². The molecule has 0 fully saturated rings. The van der Waals surface area contributed by atoms with Gasteiger partial charge in [0.1, 0.15) is 11.3 Å². The van der Waals surface area contributed by atoms with E-state index in [0.29, 0.717) is 22.8 Å². The molecule has 1 aromatic rings. The minimum Gasteiger partial charge on any atom is -0.496 e. The zero-order chi connectivity index (χ0) is 13.7. The largest absolute Gasteiger partial charge is 0.496 e. The Kier molecular flexibility index (Phi) is 4.83. The molecule has 0 saturated carbocycles. The van der Waals surface area contributed by atoms with Gasteiger partial charge in [0.05, 0.1) is 27.4 Å². The number of rotatable bonds is 5. The van der Waals surface area contributed by atoms with Crippen LogP contribution in [0.4, 0.5) is 0 Å². The summed E-state index contributed by atoms with van der Waals surface area (Å²) >= 11 is 0. The Hall–Kier alpha value is -1.91. The van der Waals surface area contributed by atoms with Crippen LogP contribution in [-0.2, 0) is 4.74 Å². The fourth-order valence-corrected chi connectivity index (χ4v) is 1.49. The first-order valence-corrected chi connectivity index (χ1v) is 5.54. The van der Waals surface area contributed by atoms with Gasteiger partial charge in [-0.15, -0.1) is 0 Å². The van der Waals surface area contributed by atoms with Crippen molar-refractivity contribution in [3.8, 4) is 17.2 Å². The van der Waals surface area contributed by atoms with Crippen molar-refractivity contribution in [3.63, 3.8) is 0 Å². The fourth-order valence-electron chi connectivity index (χ4n) is 1.49. The van der Waals surface area contributed by atoms with Gasteiger partial charge in [-0.05, 0) is 13.8 Å². The monoisotopic (exact) mass is 254 g/mol. The molecule has 0 aliphatic rings. The number of carbonyl (C=O) groups excluding carboxylic acids is 1. The van der Waals surface area contributed by atoms with Gasteiger partial charge < -0.3 is 18.9 Å². The molecule has 0 aromatic heterocycles. The molecule has 5 heteroatoms. The first-order chi connectivity index (χ1) is 8.53. The SMILES string of the molecule is COC(=O)c1cc(OC)c(OC(C)C)cc1OC. The summed E-state index contributed by atoms with van der Waals surface area (Å²) in [5.41, 5.74) is 0.299. The molecule has 0 heterocycles. The highest BCUT2D eigenvalue weighted by atomic mass is 16.5. The minimum atomic E-state index is -0.485. The molecule has 0 aliphatic carbocycles. The average Bonchev–Trinajstić information content (AvgIpc) is 2.36. The molecule has 0 amide bonds. The molecule has 18 heavy (non-hydrogen) atoms. The second-order valence-electron chi connectivity index (χ2n) is 3.86. The molecule has 0 bridgehead atoms. The summed E-state index contributed by atoms with van der Waals surface area (Å²) in [7, 11) is 4.30. The van der Waals surface area contributed by atoms with Crippen molar-refractivity contribution in [2.75, 3.05) is 21.3 Å². The zero-order valence-corrected chi connectivity index (χ0v) is 11.3. The van der Waals surface area contributed by atoms with Crippen LogP contribution < -0.4 is 14.2 Å². The Bertz CT molecular complexity index is 426. The number of carbonyl (C=O) groups is 1. The highest BCUT2D eigenvalue weighted by molar-refractivity contribution is 5.93. The van der Waals surface area contributed by atoms with Crippen LogP contribution in [0, 0.1) is 0 Å². The Morgan fingerprint density at radius 2 is 1.61 bits per heavy atom. The molecule has 0 saturated heterocycles. The highest BCUT2D eigenvalue weighted by Gasteiger charge is 2.18. The Labute approximate surface area is 107 Å². The number of esters is 1. The van der Waals surface area contributed by atoms with Gasteiger partial charge in [0.15, 0.2) is 11.5 Å². The lowest BCUT2D eigenvalue weighted by Gasteiger charge is -2.16. The standard InChI is InChI=1S/C13H18O5/c1-8(2)18-12-7-10(15-3)9(13(14)17-5)6-11(12)16-4/h6-8H,1-5H3. The number of ether oxygens (including phenoxy) is 4. The fraction of sp³-hybridized carbons (Fsp3) is 0.462. The lowest BCUT2D eigenvalue weighted by molar-refractivity contribution is 0.0596. The maximum absolute atomic E-state index is 11.6. The summed E-state index contributed by atoms with van der Waals surface area (Å²) in [4.78, 5) is 11.6. The summed E-state index contributed by atoms with van der Waals surface area (Å²) in [6.07, 6.45) is -0.00687. The summed E-state index contributed by atoms with van der Waals surface area (Å²) in [5.74, 6) is 0.890. The van der Waals surface area contributed by atoms with Crippen LogP contribution >= 0.6 is 0 Å². The van der Waals surface area contributed by atoms with E-state index in [9.17, 15) is 4.79 Å². The van der Waals surface area contributed by atoms with Crippen LogP contribution in [-0.4, -0.2) is 33.4 Å². The van der Waals surface area contributed by atoms with Crippen molar-refractivity contribution in [3.05, 3.63) is 17.7 Å². The summed E-state index contributed by atoms with van der Waals surface area (Å²) < 4.78 is 20.6. The number of benzene rings is 1. The maximum atomic E-state index is 11.6. The predicted octanol–water partition coefficient (Wildman–Crippen LogP) is 2.28. The Balaban J connectivity index is 3.27. The van der Waals surface area contributed by atoms with E-state index in [2.05, 4.69) is 4.74 Å². The molecule has 0 unspecified atom stereocenters. The molecule has 1 rings (SSSR count). The highest BCUT2D eigenvalue weighted by Crippen LogP contribution is 2.35. The van der Waals surface area contributed by atoms with Gasteiger partial charge in [-0.25, -0.2) is 4.79 Å². The molecule has 0 radical (unpaired) electrons. The zero-order valence-electron chi connectivity index (χ0n) is 11.3. The quantitative estimate of drug-likeness (QED) is 0.754. The van der Waals surface area contributed by atoms with E-state index in [1.807, 2.05) is 13.8 Å². The smallest absolute Gasteiger partial charge is 0.341 e. The van der Waals surface area contributed by atoms with Crippen molar-refractivity contribution < 1.29 is 23.7 Å². The molecule has 1 aromatic carbocycles. The van der Waals surface area contributed by atoms with Gasteiger partial charge in [0.25, 0.3) is 0 Å². The molecular formula is C13H18O5. The van der Waals surface area contributed by atoms with Crippen LogP contribution in [0.1, 0.15) is 24.2 Å². The van der Waals surface area contributed by atoms with Crippen LogP contribution in [0.25, 0.3) is 0 Å². The third-order valence-electron chi connectivity index (χ3n) is 2.25. The Morgan fingerprint density at radius 1 is 1.00 bits per heavy atom. The van der Waals surface area contributed by atoms with E-state index in [4.69, 9.17) is 14.2 Å². The molecule has 5 nitrogen and oxygen atoms in total. The molecule has 0 N–H and O–H groups in total. The van der Waals surface area contributed by atoms with Crippen LogP contribution in [0.5, 0.6) is 17.2 Å². The maximum Gasteiger partial charge on any atom is 0.341 e. The van der Waals surface area contributed by atoms with E-state index in [1.165, 1.54) is 21.3 Å². The van der Waals surface area contributed by atoms with E-state index < -0.39 is 5.97 Å². The number of methoxy groups -OCH3 is 3. The van der Waals surface area contributed by atoms with E-state index in [-0.39, 0.29) is 6.10 Å². The van der Waals surface area contributed by atoms with Crippen molar-refractivity contribution in [1.29, 1.82) is 0 Å². The first-order valence-electron chi connectivity index (χ1n) is 5.54. The van der Waals surface area contributed by atoms with Crippen LogP contribution in [0.3, 0.4) is 0 Å². The third kappa shape index (κ3) is 3.06. The van der Waals surface area contributed by atoms with Gasteiger partial charge in [0, 0.05) is 12.1 Å². The van der Waals surface area contributed by atoms with Gasteiger partial charge in [-0.3, -0.25) is 0 Å². The molecule has 0 spiro atoms. The van der Waals surface area contributed by atoms with Gasteiger partial charge in [0.2, 0.25) is 0 Å². The third-order valence-corrected chi connectivity index (χ3v) is 2.25. The van der Waals surface area contributed by atoms with Crippen LogP contribution in [0.15, 0.2) is 12.1 Å². The summed E-state index contributed by atoms with van der Waals surface area (Å²) in [6, 6.07) is 3.16. The van der Waals surface area contributed by atoms with E-state index in [1.54, 1.807) is 12.1 Å². The molecule has 0 atom stereocenters. The topological polar surface area (TPSA) is 54.0 Å². The van der Waals surface area contributed by atoms with Gasteiger partial charge >= 0.3 is 5.97 Å². The lowest BCUT2D eigenvalue weighted by atomic mass is 10.1. The Morgan fingerprint density at radius 3 is 2.06 bits per heavy atom. The second-order valence-corrected chi connectivity index (χ2v) is 3.86. The number of hydrogen-bond acceptors (Lipinski definition) is 5. The molecule has 0 aliphatic heterocycles. The van der Waals surface area contributed by atoms with Crippen molar-refractivity contribution >= 4 is 5.97 Å². The van der Waals surface area contributed by atoms with Gasteiger partial charge in [-0.2, -0.15) is 0 Å². The first kappa shape index (κ1) is 14.2.